The van der Waals surface area contributed by atoms with Crippen molar-refractivity contribution in [3.05, 3.63) is 28.7 Å². The molecule has 1 rings (SSSR count). The summed E-state index contributed by atoms with van der Waals surface area (Å²) in [4.78, 5) is 0.855. The molecule has 14 heavy (non-hydrogen) atoms. The van der Waals surface area contributed by atoms with Crippen LogP contribution in [0.4, 0.5) is 0 Å². The van der Waals surface area contributed by atoms with E-state index >= 15 is 0 Å². The first-order valence-electron chi connectivity index (χ1n) is 4.49. The average molecular weight is 276 g/mol. The number of halogens is 1. The summed E-state index contributed by atoms with van der Waals surface area (Å²) in [5.41, 5.74) is 5.61. The van der Waals surface area contributed by atoms with Crippen molar-refractivity contribution in [3.63, 3.8) is 0 Å². The monoisotopic (exact) mass is 275 g/mol. The number of rotatable bonds is 4. The number of benzene rings is 1. The molecular formula is C10H14BrNOS. The molecule has 0 aliphatic heterocycles. The van der Waals surface area contributed by atoms with Crippen molar-refractivity contribution in [2.75, 3.05) is 5.75 Å². The van der Waals surface area contributed by atoms with Crippen LogP contribution in [0, 0.1) is 0 Å². The summed E-state index contributed by atoms with van der Waals surface area (Å²) in [5, 5.41) is 0. The molecule has 0 saturated carbocycles. The summed E-state index contributed by atoms with van der Waals surface area (Å²) in [5.74, 6) is 0.625. The fraction of sp³-hybridized carbons (Fsp3) is 0.400. The quantitative estimate of drug-likeness (QED) is 0.917. The van der Waals surface area contributed by atoms with E-state index in [9.17, 15) is 4.21 Å². The zero-order chi connectivity index (χ0) is 10.6. The van der Waals surface area contributed by atoms with Gasteiger partial charge in [-0.2, -0.15) is 0 Å². The Hall–Kier alpha value is -0.190. The second kappa shape index (κ2) is 5.63. The van der Waals surface area contributed by atoms with E-state index in [0.29, 0.717) is 5.75 Å². The van der Waals surface area contributed by atoms with Crippen LogP contribution < -0.4 is 5.73 Å². The zero-order valence-corrected chi connectivity index (χ0v) is 10.5. The van der Waals surface area contributed by atoms with E-state index in [-0.39, 0.29) is 6.04 Å². The largest absolute Gasteiger partial charge is 0.328 e. The van der Waals surface area contributed by atoms with Gasteiger partial charge in [-0.15, -0.1) is 0 Å². The highest BCUT2D eigenvalue weighted by Gasteiger charge is 2.07. The molecule has 2 nitrogen and oxygen atoms in total. The summed E-state index contributed by atoms with van der Waals surface area (Å²) in [6, 6.07) is 7.70. The van der Waals surface area contributed by atoms with Gasteiger partial charge in [0.1, 0.15) is 0 Å². The van der Waals surface area contributed by atoms with Gasteiger partial charge in [0.2, 0.25) is 0 Å². The smallest absolute Gasteiger partial charge is 0.0541 e. The highest BCUT2D eigenvalue weighted by Crippen LogP contribution is 2.20. The molecule has 0 bridgehead atoms. The minimum Gasteiger partial charge on any atom is -0.328 e. The molecule has 0 fully saturated rings. The van der Waals surface area contributed by atoms with Crippen LogP contribution in [0.3, 0.4) is 0 Å². The van der Waals surface area contributed by atoms with Crippen LogP contribution in [0.5, 0.6) is 0 Å². The van der Waals surface area contributed by atoms with Gasteiger partial charge in [-0.3, -0.25) is 4.21 Å². The van der Waals surface area contributed by atoms with Gasteiger partial charge in [0.05, 0.1) is 15.7 Å². The van der Waals surface area contributed by atoms with Crippen molar-refractivity contribution in [2.24, 2.45) is 5.73 Å². The molecule has 2 N–H and O–H groups in total. The molecule has 0 heterocycles. The summed E-state index contributed by atoms with van der Waals surface area (Å²) < 4.78 is 12.7. The maximum Gasteiger partial charge on any atom is 0.0541 e. The second-order valence-corrected chi connectivity index (χ2v) is 5.64. The normalized spacial score (nSPS) is 15.1. The lowest BCUT2D eigenvalue weighted by molar-refractivity contribution is 0.667. The summed E-state index contributed by atoms with van der Waals surface area (Å²) in [7, 11) is -0.942. The first-order chi connectivity index (χ1) is 6.61. The Morgan fingerprint density at radius 1 is 1.50 bits per heavy atom. The van der Waals surface area contributed by atoms with Crippen molar-refractivity contribution in [3.8, 4) is 0 Å². The fourth-order valence-corrected chi connectivity index (χ4v) is 3.18. The SMILES string of the molecule is CC(N)CCS(=O)c1ccccc1Br. The maximum atomic E-state index is 11.8. The van der Waals surface area contributed by atoms with Gasteiger partial charge >= 0.3 is 0 Å². The molecule has 0 aliphatic rings. The number of hydrogen-bond donors (Lipinski definition) is 1. The topological polar surface area (TPSA) is 43.1 Å². The highest BCUT2D eigenvalue weighted by molar-refractivity contribution is 9.10. The average Bonchev–Trinajstić information content (AvgIpc) is 2.15. The van der Waals surface area contributed by atoms with Crippen LogP contribution in [0.15, 0.2) is 33.6 Å². The molecule has 0 spiro atoms. The molecule has 1 aromatic carbocycles. The molecule has 78 valence electrons. The van der Waals surface area contributed by atoms with Crippen LogP contribution in [-0.2, 0) is 10.8 Å². The molecule has 4 heteroatoms. The lowest BCUT2D eigenvalue weighted by Gasteiger charge is -2.06. The summed E-state index contributed by atoms with van der Waals surface area (Å²) >= 11 is 3.38. The van der Waals surface area contributed by atoms with Crippen molar-refractivity contribution in [2.45, 2.75) is 24.3 Å². The third-order valence-corrected chi connectivity index (χ3v) is 4.25. The molecular weight excluding hydrogens is 262 g/mol. The van der Waals surface area contributed by atoms with Crippen LogP contribution >= 0.6 is 15.9 Å². The predicted octanol–water partition coefficient (Wildman–Crippen LogP) is 2.29. The summed E-state index contributed by atoms with van der Waals surface area (Å²) in [6.07, 6.45) is 0.786. The molecule has 0 saturated heterocycles. The van der Waals surface area contributed by atoms with E-state index in [1.165, 1.54) is 0 Å². The van der Waals surface area contributed by atoms with Gasteiger partial charge in [0.15, 0.2) is 0 Å². The Morgan fingerprint density at radius 3 is 2.71 bits per heavy atom. The third kappa shape index (κ3) is 3.52. The predicted molar refractivity (Wildman–Crippen MR) is 63.7 cm³/mol. The highest BCUT2D eigenvalue weighted by atomic mass is 79.9. The van der Waals surface area contributed by atoms with E-state index in [1.54, 1.807) is 0 Å². The Balaban J connectivity index is 2.65. The third-order valence-electron chi connectivity index (χ3n) is 1.84. The van der Waals surface area contributed by atoms with Gasteiger partial charge < -0.3 is 5.73 Å². The first kappa shape index (κ1) is 11.9. The van der Waals surface area contributed by atoms with E-state index < -0.39 is 10.8 Å². The van der Waals surface area contributed by atoms with Crippen LogP contribution in [-0.4, -0.2) is 16.0 Å². The Bertz CT molecular complexity index is 328. The Morgan fingerprint density at radius 2 is 2.14 bits per heavy atom. The van der Waals surface area contributed by atoms with Crippen molar-refractivity contribution >= 4 is 26.7 Å². The van der Waals surface area contributed by atoms with Crippen LogP contribution in [0.2, 0.25) is 0 Å². The molecule has 1 aromatic rings. The molecule has 2 unspecified atom stereocenters. The first-order valence-corrected chi connectivity index (χ1v) is 6.61. The zero-order valence-electron chi connectivity index (χ0n) is 8.07. The van der Waals surface area contributed by atoms with Crippen molar-refractivity contribution in [1.29, 1.82) is 0 Å². The fourth-order valence-electron chi connectivity index (χ4n) is 1.03. The molecule has 0 aromatic heterocycles. The van der Waals surface area contributed by atoms with E-state index in [4.69, 9.17) is 5.73 Å². The minimum absolute atomic E-state index is 0.112. The minimum atomic E-state index is -0.942. The van der Waals surface area contributed by atoms with Gasteiger partial charge in [-0.25, -0.2) is 0 Å². The van der Waals surface area contributed by atoms with Crippen LogP contribution in [0.25, 0.3) is 0 Å². The van der Waals surface area contributed by atoms with Gasteiger partial charge in [0.25, 0.3) is 0 Å². The van der Waals surface area contributed by atoms with E-state index in [0.717, 1.165) is 15.8 Å². The van der Waals surface area contributed by atoms with E-state index in [2.05, 4.69) is 15.9 Å². The standard InChI is InChI=1S/C10H14BrNOS/c1-8(12)6-7-14(13)10-5-3-2-4-9(10)11/h2-5,8H,6-7,12H2,1H3. The van der Waals surface area contributed by atoms with E-state index in [1.807, 2.05) is 31.2 Å². The Kier molecular flexibility index (Phi) is 4.78. The molecule has 0 amide bonds. The lowest BCUT2D eigenvalue weighted by atomic mass is 10.3. The van der Waals surface area contributed by atoms with Crippen LogP contribution in [0.1, 0.15) is 13.3 Å². The number of nitrogens with two attached hydrogens (primary N) is 1. The maximum absolute atomic E-state index is 11.8. The van der Waals surface area contributed by atoms with Crippen molar-refractivity contribution < 1.29 is 4.21 Å². The lowest BCUT2D eigenvalue weighted by Crippen LogP contribution is -2.17. The molecule has 0 aliphatic carbocycles. The molecule has 2 atom stereocenters. The van der Waals surface area contributed by atoms with Gasteiger partial charge in [0, 0.05) is 16.3 Å². The Labute approximate surface area is 95.5 Å². The van der Waals surface area contributed by atoms with Gasteiger partial charge in [-0.1, -0.05) is 12.1 Å². The summed E-state index contributed by atoms with van der Waals surface area (Å²) in [6.45, 7) is 1.93. The van der Waals surface area contributed by atoms with Crippen molar-refractivity contribution in [1.82, 2.24) is 0 Å². The second-order valence-electron chi connectivity index (χ2n) is 3.25. The molecule has 0 radical (unpaired) electrons. The van der Waals surface area contributed by atoms with Gasteiger partial charge in [-0.05, 0) is 41.4 Å². The number of hydrogen-bond acceptors (Lipinski definition) is 2.